The third kappa shape index (κ3) is 3.62. The van der Waals surface area contributed by atoms with Crippen molar-refractivity contribution >= 4 is 33.4 Å². The summed E-state index contributed by atoms with van der Waals surface area (Å²) in [5.41, 5.74) is 1.64. The highest BCUT2D eigenvalue weighted by Crippen LogP contribution is 2.38. The molecular formula is C19H19BrClNO3. The van der Waals surface area contributed by atoms with E-state index in [-0.39, 0.29) is 11.9 Å². The SMILES string of the molecule is COc1cc(C(=O)N2CCCC2c2cccc(Br)c2)cc(Cl)c1OC. The number of methoxy groups -OCH3 is 2. The lowest BCUT2D eigenvalue weighted by Gasteiger charge is -2.26. The molecule has 0 saturated carbocycles. The van der Waals surface area contributed by atoms with E-state index in [0.29, 0.717) is 22.1 Å². The van der Waals surface area contributed by atoms with Crippen LogP contribution in [0.25, 0.3) is 0 Å². The molecule has 25 heavy (non-hydrogen) atoms. The van der Waals surface area contributed by atoms with Crippen LogP contribution in [0, 0.1) is 0 Å². The van der Waals surface area contributed by atoms with Crippen molar-refractivity contribution in [2.45, 2.75) is 18.9 Å². The predicted molar refractivity (Wildman–Crippen MR) is 102 cm³/mol. The fraction of sp³-hybridized carbons (Fsp3) is 0.316. The van der Waals surface area contributed by atoms with Crippen LogP contribution in [-0.4, -0.2) is 31.6 Å². The first-order valence-corrected chi connectivity index (χ1v) is 9.20. The topological polar surface area (TPSA) is 38.8 Å². The lowest BCUT2D eigenvalue weighted by atomic mass is 10.0. The molecule has 1 atom stereocenters. The van der Waals surface area contributed by atoms with Crippen LogP contribution in [0.5, 0.6) is 11.5 Å². The first-order valence-electron chi connectivity index (χ1n) is 8.03. The van der Waals surface area contributed by atoms with Crippen molar-refractivity contribution in [1.82, 2.24) is 4.90 Å². The van der Waals surface area contributed by atoms with Gasteiger partial charge in [-0.3, -0.25) is 4.79 Å². The Bertz CT molecular complexity index is 796. The van der Waals surface area contributed by atoms with E-state index >= 15 is 0 Å². The maximum Gasteiger partial charge on any atom is 0.254 e. The molecular weight excluding hydrogens is 406 g/mol. The smallest absolute Gasteiger partial charge is 0.254 e. The normalized spacial score (nSPS) is 16.8. The van der Waals surface area contributed by atoms with Gasteiger partial charge in [0, 0.05) is 16.6 Å². The molecule has 132 valence electrons. The van der Waals surface area contributed by atoms with Gasteiger partial charge in [0.25, 0.3) is 5.91 Å². The Kier molecular flexibility index (Phi) is 5.54. The van der Waals surface area contributed by atoms with Gasteiger partial charge >= 0.3 is 0 Å². The molecule has 0 aromatic heterocycles. The molecule has 0 bridgehead atoms. The van der Waals surface area contributed by atoms with E-state index in [0.717, 1.165) is 29.4 Å². The summed E-state index contributed by atoms with van der Waals surface area (Å²) in [6, 6.07) is 11.5. The maximum atomic E-state index is 13.1. The maximum absolute atomic E-state index is 13.1. The van der Waals surface area contributed by atoms with Crippen LogP contribution in [-0.2, 0) is 0 Å². The summed E-state index contributed by atoms with van der Waals surface area (Å²) < 4.78 is 11.6. The molecule has 3 rings (SSSR count). The Labute approximate surface area is 160 Å². The van der Waals surface area contributed by atoms with Crippen molar-refractivity contribution in [3.05, 3.63) is 57.0 Å². The second-order valence-corrected chi connectivity index (χ2v) is 7.23. The molecule has 1 aliphatic rings. The molecule has 4 nitrogen and oxygen atoms in total. The molecule has 0 N–H and O–H groups in total. The number of ether oxygens (including phenoxy) is 2. The van der Waals surface area contributed by atoms with Crippen molar-refractivity contribution in [2.24, 2.45) is 0 Å². The van der Waals surface area contributed by atoms with E-state index in [2.05, 4.69) is 28.1 Å². The van der Waals surface area contributed by atoms with Gasteiger partial charge in [-0.05, 0) is 42.7 Å². The van der Waals surface area contributed by atoms with Crippen molar-refractivity contribution in [1.29, 1.82) is 0 Å². The van der Waals surface area contributed by atoms with E-state index in [9.17, 15) is 4.79 Å². The van der Waals surface area contributed by atoms with E-state index in [1.165, 1.54) is 14.2 Å². The van der Waals surface area contributed by atoms with Crippen LogP contribution in [0.2, 0.25) is 5.02 Å². The van der Waals surface area contributed by atoms with Gasteiger partial charge in [0.05, 0.1) is 25.3 Å². The van der Waals surface area contributed by atoms with Crippen LogP contribution in [0.15, 0.2) is 40.9 Å². The summed E-state index contributed by atoms with van der Waals surface area (Å²) in [6.45, 7) is 0.724. The molecule has 0 spiro atoms. The number of hydrogen-bond donors (Lipinski definition) is 0. The molecule has 1 amide bonds. The second-order valence-electron chi connectivity index (χ2n) is 5.91. The van der Waals surface area contributed by atoms with Crippen LogP contribution in [0.3, 0.4) is 0 Å². The van der Waals surface area contributed by atoms with Gasteiger partial charge in [-0.15, -0.1) is 0 Å². The standard InChI is InChI=1S/C19H19BrClNO3/c1-24-17-11-13(10-15(21)18(17)25-2)19(23)22-8-4-7-16(22)12-5-3-6-14(20)9-12/h3,5-6,9-11,16H,4,7-8H2,1-2H3. The highest BCUT2D eigenvalue weighted by atomic mass is 79.9. The zero-order valence-electron chi connectivity index (χ0n) is 14.1. The molecule has 1 unspecified atom stereocenters. The van der Waals surface area contributed by atoms with E-state index in [4.69, 9.17) is 21.1 Å². The van der Waals surface area contributed by atoms with Gasteiger partial charge in [-0.1, -0.05) is 39.7 Å². The number of carbonyl (C=O) groups excluding carboxylic acids is 1. The fourth-order valence-electron chi connectivity index (χ4n) is 3.28. The Balaban J connectivity index is 1.93. The molecule has 0 radical (unpaired) electrons. The highest BCUT2D eigenvalue weighted by Gasteiger charge is 2.31. The van der Waals surface area contributed by atoms with E-state index < -0.39 is 0 Å². The molecule has 6 heteroatoms. The summed E-state index contributed by atoms with van der Waals surface area (Å²) in [4.78, 5) is 15.0. The molecule has 2 aromatic rings. The summed E-state index contributed by atoms with van der Waals surface area (Å²) >= 11 is 9.76. The molecule has 1 saturated heterocycles. The second kappa shape index (κ2) is 7.67. The Morgan fingerprint density at radius 3 is 2.72 bits per heavy atom. The average molecular weight is 425 g/mol. The monoisotopic (exact) mass is 423 g/mol. The van der Waals surface area contributed by atoms with Gasteiger partial charge in [0.2, 0.25) is 0 Å². The number of nitrogens with zero attached hydrogens (tertiary/aromatic N) is 1. The highest BCUT2D eigenvalue weighted by molar-refractivity contribution is 9.10. The van der Waals surface area contributed by atoms with Gasteiger partial charge in [0.15, 0.2) is 11.5 Å². The average Bonchev–Trinajstić information content (AvgIpc) is 3.10. The number of amides is 1. The third-order valence-corrected chi connectivity index (χ3v) is 5.20. The van der Waals surface area contributed by atoms with Gasteiger partial charge < -0.3 is 14.4 Å². The van der Waals surface area contributed by atoms with Crippen LogP contribution < -0.4 is 9.47 Å². The van der Waals surface area contributed by atoms with Crippen molar-refractivity contribution < 1.29 is 14.3 Å². The largest absolute Gasteiger partial charge is 0.493 e. The van der Waals surface area contributed by atoms with Crippen LogP contribution in [0.1, 0.15) is 34.8 Å². The minimum absolute atomic E-state index is 0.0506. The predicted octanol–water partition coefficient (Wildman–Crippen LogP) is 5.10. The number of likely N-dealkylation sites (tertiary alicyclic amines) is 1. The summed E-state index contributed by atoms with van der Waals surface area (Å²) in [6.07, 6.45) is 1.92. The number of halogens is 2. The summed E-state index contributed by atoms with van der Waals surface area (Å²) in [5, 5.41) is 0.364. The third-order valence-electron chi connectivity index (χ3n) is 4.43. The Morgan fingerprint density at radius 1 is 1.24 bits per heavy atom. The molecule has 0 aliphatic carbocycles. The van der Waals surface area contributed by atoms with Crippen molar-refractivity contribution in [3.8, 4) is 11.5 Å². The number of rotatable bonds is 4. The minimum atomic E-state index is -0.0506. The van der Waals surface area contributed by atoms with Gasteiger partial charge in [-0.2, -0.15) is 0 Å². The fourth-order valence-corrected chi connectivity index (χ4v) is 3.98. The van der Waals surface area contributed by atoms with Gasteiger partial charge in [0.1, 0.15) is 0 Å². The van der Waals surface area contributed by atoms with Crippen molar-refractivity contribution in [2.75, 3.05) is 20.8 Å². The van der Waals surface area contributed by atoms with Crippen molar-refractivity contribution in [3.63, 3.8) is 0 Å². The van der Waals surface area contributed by atoms with E-state index in [1.54, 1.807) is 12.1 Å². The van der Waals surface area contributed by atoms with Crippen LogP contribution >= 0.6 is 27.5 Å². The number of benzene rings is 2. The zero-order valence-corrected chi connectivity index (χ0v) is 16.4. The number of carbonyl (C=O) groups is 1. The van der Waals surface area contributed by atoms with Crippen LogP contribution in [0.4, 0.5) is 0 Å². The molecule has 1 heterocycles. The first-order chi connectivity index (χ1) is 12.0. The zero-order chi connectivity index (χ0) is 18.0. The summed E-state index contributed by atoms with van der Waals surface area (Å²) in [7, 11) is 3.05. The molecule has 1 fully saturated rings. The van der Waals surface area contributed by atoms with E-state index in [1.807, 2.05) is 17.0 Å². The lowest BCUT2D eigenvalue weighted by Crippen LogP contribution is -2.30. The molecule has 1 aliphatic heterocycles. The lowest BCUT2D eigenvalue weighted by molar-refractivity contribution is 0.0735. The Hall–Kier alpha value is -1.72. The quantitative estimate of drug-likeness (QED) is 0.685. The summed E-state index contributed by atoms with van der Waals surface area (Å²) in [5.74, 6) is 0.840. The Morgan fingerprint density at radius 2 is 2.04 bits per heavy atom. The van der Waals surface area contributed by atoms with Gasteiger partial charge in [-0.25, -0.2) is 0 Å². The molecule has 2 aromatic carbocycles. The first kappa shape index (κ1) is 18.1. The number of hydrogen-bond acceptors (Lipinski definition) is 3. The minimum Gasteiger partial charge on any atom is -0.493 e.